The van der Waals surface area contributed by atoms with Crippen LogP contribution in [0.25, 0.3) is 0 Å². The van der Waals surface area contributed by atoms with E-state index in [-0.39, 0.29) is 21.4 Å². The predicted octanol–water partition coefficient (Wildman–Crippen LogP) is 6.27. The number of rotatable bonds is 13. The molecular weight excluding hydrogens is 497 g/mol. The van der Waals surface area contributed by atoms with E-state index in [1.54, 1.807) is 25.1 Å². The quantitative estimate of drug-likeness (QED) is 0.244. The van der Waals surface area contributed by atoms with E-state index < -0.39 is 17.7 Å². The minimum Gasteiger partial charge on any atom is -0.494 e. The van der Waals surface area contributed by atoms with Crippen LogP contribution in [0.3, 0.4) is 0 Å². The molecule has 9 nitrogen and oxygen atoms in total. The number of hydrogen-bond acceptors (Lipinski definition) is 8. The third-order valence-corrected chi connectivity index (χ3v) is 5.06. The molecule has 1 amide bonds. The van der Waals surface area contributed by atoms with Crippen LogP contribution in [0.1, 0.15) is 34.6 Å². The van der Waals surface area contributed by atoms with Crippen molar-refractivity contribution in [2.75, 3.05) is 31.7 Å². The van der Waals surface area contributed by atoms with Crippen LogP contribution in [0.2, 0.25) is 10.0 Å². The van der Waals surface area contributed by atoms with Crippen LogP contribution in [-0.2, 0) is 9.59 Å². The van der Waals surface area contributed by atoms with Gasteiger partial charge in [0, 0.05) is 18.2 Å². The van der Waals surface area contributed by atoms with Gasteiger partial charge in [-0.2, -0.15) is 10.2 Å². The number of ketones is 1. The van der Waals surface area contributed by atoms with E-state index in [2.05, 4.69) is 15.5 Å². The molecule has 0 bridgehead atoms. The second-order valence-corrected chi connectivity index (χ2v) is 7.77. The molecule has 0 aliphatic rings. The maximum absolute atomic E-state index is 12.9. The maximum Gasteiger partial charge on any atom is 0.258 e. The Morgan fingerprint density at radius 3 is 2.11 bits per heavy atom. The molecule has 0 saturated heterocycles. The number of ether oxygens (including phenoxy) is 4. The van der Waals surface area contributed by atoms with Crippen molar-refractivity contribution in [3.05, 3.63) is 34.3 Å². The molecular formula is C24H29Cl2N3O6. The number of nitrogens with one attached hydrogen (secondary N) is 1. The van der Waals surface area contributed by atoms with Gasteiger partial charge in [-0.15, -0.1) is 0 Å². The topological polar surface area (TPSA) is 108 Å². The molecule has 11 heteroatoms. The average molecular weight is 526 g/mol. The predicted molar refractivity (Wildman–Crippen MR) is 135 cm³/mol. The minimum atomic E-state index is -1.43. The lowest BCUT2D eigenvalue weighted by molar-refractivity contribution is -0.126. The van der Waals surface area contributed by atoms with E-state index in [0.29, 0.717) is 49.4 Å². The van der Waals surface area contributed by atoms with Crippen LogP contribution in [-0.4, -0.2) is 44.2 Å². The van der Waals surface area contributed by atoms with Gasteiger partial charge in [0.1, 0.15) is 16.5 Å². The zero-order valence-corrected chi connectivity index (χ0v) is 21.8. The smallest absolute Gasteiger partial charge is 0.258 e. The molecule has 0 fully saturated rings. The van der Waals surface area contributed by atoms with Crippen LogP contribution in [0, 0.1) is 0 Å². The number of carbonyl (C=O) groups is 2. The van der Waals surface area contributed by atoms with Gasteiger partial charge in [-0.25, -0.2) is 0 Å². The third-order valence-electron chi connectivity index (χ3n) is 4.39. The fraction of sp³-hybridized carbons (Fsp3) is 0.417. The number of carbonyl (C=O) groups excluding carboxylic acids is 2. The van der Waals surface area contributed by atoms with Gasteiger partial charge < -0.3 is 24.3 Å². The third kappa shape index (κ3) is 7.73. The standard InChI is InChI=1S/C24H29Cl2N3O6/c1-6-32-16-12-18(21(26)19(13-16)33-7-2)27-24(31)22(14(5)30)29-28-15-10-17(25)23(35-9-4)20(11-15)34-8-3/h10-13,22H,6-9H2,1-5H3,(H,27,31). The summed E-state index contributed by atoms with van der Waals surface area (Å²) in [5, 5.41) is 11.1. The second-order valence-electron chi connectivity index (χ2n) is 6.99. The number of benzene rings is 2. The molecule has 0 aromatic heterocycles. The zero-order valence-electron chi connectivity index (χ0n) is 20.3. The van der Waals surface area contributed by atoms with Crippen molar-refractivity contribution in [3.63, 3.8) is 0 Å². The summed E-state index contributed by atoms with van der Waals surface area (Å²) in [4.78, 5) is 25.2. The molecule has 2 aromatic carbocycles. The number of Topliss-reactive ketones (excluding diaryl/α,β-unsaturated/α-hetero) is 1. The molecule has 2 aromatic rings. The Morgan fingerprint density at radius 1 is 0.886 bits per heavy atom. The fourth-order valence-electron chi connectivity index (χ4n) is 2.98. The van der Waals surface area contributed by atoms with E-state index in [0.717, 1.165) is 0 Å². The van der Waals surface area contributed by atoms with Gasteiger partial charge in [-0.1, -0.05) is 23.2 Å². The van der Waals surface area contributed by atoms with E-state index in [1.807, 2.05) is 20.8 Å². The Labute approximate surface area is 214 Å². The van der Waals surface area contributed by atoms with Crippen LogP contribution in [0.15, 0.2) is 34.5 Å². The Morgan fingerprint density at radius 2 is 1.51 bits per heavy atom. The molecule has 2 rings (SSSR count). The highest BCUT2D eigenvalue weighted by molar-refractivity contribution is 6.35. The number of halogens is 2. The highest BCUT2D eigenvalue weighted by atomic mass is 35.5. The number of azo groups is 1. The van der Waals surface area contributed by atoms with Crippen molar-refractivity contribution in [2.24, 2.45) is 10.2 Å². The second kappa shape index (κ2) is 13.7. The molecule has 1 N–H and O–H groups in total. The monoisotopic (exact) mass is 525 g/mol. The fourth-order valence-corrected chi connectivity index (χ4v) is 3.45. The summed E-state index contributed by atoms with van der Waals surface area (Å²) in [6.07, 6.45) is 0. The number of amides is 1. The lowest BCUT2D eigenvalue weighted by Crippen LogP contribution is -2.32. The first kappa shape index (κ1) is 28.2. The van der Waals surface area contributed by atoms with Crippen molar-refractivity contribution in [3.8, 4) is 23.0 Å². The summed E-state index contributed by atoms with van der Waals surface area (Å²) in [5.41, 5.74) is 0.506. The Hall–Kier alpha value is -3.04. The first-order chi connectivity index (χ1) is 16.7. The van der Waals surface area contributed by atoms with Crippen molar-refractivity contribution < 1.29 is 28.5 Å². The molecule has 1 atom stereocenters. The van der Waals surface area contributed by atoms with E-state index >= 15 is 0 Å². The summed E-state index contributed by atoms with van der Waals surface area (Å²) in [5.74, 6) is 0.303. The number of nitrogens with zero attached hydrogens (tertiary/aromatic N) is 2. The van der Waals surface area contributed by atoms with Gasteiger partial charge in [0.25, 0.3) is 5.91 Å². The Bertz CT molecular complexity index is 1080. The van der Waals surface area contributed by atoms with Crippen LogP contribution in [0.5, 0.6) is 23.0 Å². The zero-order chi connectivity index (χ0) is 26.0. The summed E-state index contributed by atoms with van der Waals surface area (Å²) >= 11 is 12.7. The summed E-state index contributed by atoms with van der Waals surface area (Å²) in [7, 11) is 0. The van der Waals surface area contributed by atoms with Crippen LogP contribution >= 0.6 is 23.2 Å². The number of hydrogen-bond donors (Lipinski definition) is 1. The van der Waals surface area contributed by atoms with Gasteiger partial charge in [0.2, 0.25) is 6.04 Å². The van der Waals surface area contributed by atoms with Gasteiger partial charge >= 0.3 is 0 Å². The molecule has 0 spiro atoms. The Kier molecular flexibility index (Phi) is 11.1. The van der Waals surface area contributed by atoms with Crippen molar-refractivity contribution in [1.29, 1.82) is 0 Å². The average Bonchev–Trinajstić information content (AvgIpc) is 2.79. The first-order valence-electron chi connectivity index (χ1n) is 11.2. The first-order valence-corrected chi connectivity index (χ1v) is 11.9. The van der Waals surface area contributed by atoms with Crippen LogP contribution < -0.4 is 24.3 Å². The minimum absolute atomic E-state index is 0.169. The Balaban J connectivity index is 2.34. The molecule has 1 unspecified atom stereocenters. The van der Waals surface area contributed by atoms with Crippen LogP contribution in [0.4, 0.5) is 11.4 Å². The SMILES string of the molecule is CCOc1cc(NC(=O)C(N=Nc2cc(Cl)c(OCC)c(OCC)c2)C(C)=O)c(Cl)c(OCC)c1. The maximum atomic E-state index is 12.9. The summed E-state index contributed by atoms with van der Waals surface area (Å²) in [6, 6.07) is 4.80. The molecule has 190 valence electrons. The lowest BCUT2D eigenvalue weighted by atomic mass is 10.2. The highest BCUT2D eigenvalue weighted by Crippen LogP contribution is 2.40. The van der Waals surface area contributed by atoms with Gasteiger partial charge in [0.15, 0.2) is 17.3 Å². The molecule has 0 radical (unpaired) electrons. The van der Waals surface area contributed by atoms with Crippen molar-refractivity contribution in [1.82, 2.24) is 0 Å². The normalized spacial score (nSPS) is 11.7. The van der Waals surface area contributed by atoms with Crippen molar-refractivity contribution in [2.45, 2.75) is 40.7 Å². The molecule has 35 heavy (non-hydrogen) atoms. The van der Waals surface area contributed by atoms with E-state index in [1.165, 1.54) is 13.0 Å². The van der Waals surface area contributed by atoms with E-state index in [4.69, 9.17) is 42.1 Å². The summed E-state index contributed by atoms with van der Waals surface area (Å²) < 4.78 is 22.1. The molecule has 0 aliphatic heterocycles. The van der Waals surface area contributed by atoms with Gasteiger partial charge in [-0.05, 0) is 40.7 Å². The van der Waals surface area contributed by atoms with Crippen molar-refractivity contribution >= 4 is 46.3 Å². The molecule has 0 saturated carbocycles. The largest absolute Gasteiger partial charge is 0.494 e. The van der Waals surface area contributed by atoms with Gasteiger partial charge in [-0.3, -0.25) is 9.59 Å². The highest BCUT2D eigenvalue weighted by Gasteiger charge is 2.25. The lowest BCUT2D eigenvalue weighted by Gasteiger charge is -2.15. The van der Waals surface area contributed by atoms with E-state index in [9.17, 15) is 9.59 Å². The summed E-state index contributed by atoms with van der Waals surface area (Å²) in [6.45, 7) is 10.0. The molecule has 0 aliphatic carbocycles. The van der Waals surface area contributed by atoms with Gasteiger partial charge in [0.05, 0.1) is 42.8 Å². The number of anilines is 1. The molecule has 0 heterocycles.